The van der Waals surface area contributed by atoms with E-state index >= 15 is 0 Å². The van der Waals surface area contributed by atoms with Crippen LogP contribution < -0.4 is 10.5 Å². The predicted octanol–water partition coefficient (Wildman–Crippen LogP) is 3.15. The molecule has 2 aromatic carbocycles. The Hall–Kier alpha value is -1.91. The number of hydrogen-bond donors (Lipinski definition) is 1. The Morgan fingerprint density at radius 2 is 1.95 bits per heavy atom. The van der Waals surface area contributed by atoms with Gasteiger partial charge in [-0.25, -0.2) is 4.39 Å². The Bertz CT molecular complexity index is 600. The van der Waals surface area contributed by atoms with Crippen molar-refractivity contribution < 1.29 is 9.13 Å². The summed E-state index contributed by atoms with van der Waals surface area (Å²) in [6.07, 6.45) is 1.07. The summed E-state index contributed by atoms with van der Waals surface area (Å²) in [6.45, 7) is 2.93. The molecule has 0 radical (unpaired) electrons. The van der Waals surface area contributed by atoms with Crippen LogP contribution in [0.5, 0.6) is 11.5 Å². The normalized spacial score (nSPS) is 18.9. The fraction of sp³-hybridized carbons (Fsp3) is 0.294. The lowest BCUT2D eigenvalue weighted by molar-refractivity contribution is 0.327. The van der Waals surface area contributed by atoms with E-state index in [1.807, 2.05) is 24.3 Å². The van der Waals surface area contributed by atoms with E-state index in [4.69, 9.17) is 10.5 Å². The molecule has 2 N–H and O–H groups in total. The van der Waals surface area contributed by atoms with E-state index in [-0.39, 0.29) is 5.82 Å². The molecule has 0 aliphatic carbocycles. The van der Waals surface area contributed by atoms with Crippen molar-refractivity contribution in [1.82, 2.24) is 4.90 Å². The maximum absolute atomic E-state index is 13.1. The van der Waals surface area contributed by atoms with E-state index in [0.29, 0.717) is 17.5 Å². The zero-order valence-corrected chi connectivity index (χ0v) is 11.8. The molecule has 2 aromatic rings. The molecule has 1 aliphatic rings. The zero-order valence-electron chi connectivity index (χ0n) is 11.8. The first-order valence-electron chi connectivity index (χ1n) is 7.19. The van der Waals surface area contributed by atoms with E-state index in [1.165, 1.54) is 17.7 Å². The second-order valence-corrected chi connectivity index (χ2v) is 5.49. The van der Waals surface area contributed by atoms with Crippen molar-refractivity contribution in [2.75, 3.05) is 13.1 Å². The van der Waals surface area contributed by atoms with Crippen molar-refractivity contribution in [3.8, 4) is 11.5 Å². The van der Waals surface area contributed by atoms with Gasteiger partial charge in [0.1, 0.15) is 17.3 Å². The lowest BCUT2D eigenvalue weighted by Gasteiger charge is -2.15. The second kappa shape index (κ2) is 6.24. The van der Waals surface area contributed by atoms with E-state index < -0.39 is 0 Å². The minimum absolute atomic E-state index is 0.297. The molecule has 0 bridgehead atoms. The fourth-order valence-electron chi connectivity index (χ4n) is 2.59. The Balaban J connectivity index is 1.61. The molecule has 0 aromatic heterocycles. The number of halogens is 1. The third-order valence-corrected chi connectivity index (χ3v) is 3.67. The van der Waals surface area contributed by atoms with Crippen LogP contribution >= 0.6 is 0 Å². The summed E-state index contributed by atoms with van der Waals surface area (Å²) in [5, 5.41) is 0. The predicted molar refractivity (Wildman–Crippen MR) is 80.8 cm³/mol. The number of hydrogen-bond acceptors (Lipinski definition) is 3. The molecule has 3 nitrogen and oxygen atoms in total. The number of nitrogens with zero attached hydrogens (tertiary/aromatic N) is 1. The highest BCUT2D eigenvalue weighted by atomic mass is 19.1. The largest absolute Gasteiger partial charge is 0.457 e. The first-order valence-corrected chi connectivity index (χ1v) is 7.19. The SMILES string of the molecule is N[C@@H]1CCN(Cc2ccc(Oc3cccc(F)c3)cc2)C1. The average molecular weight is 286 g/mol. The molecule has 3 rings (SSSR count). The summed E-state index contributed by atoms with van der Waals surface area (Å²) in [7, 11) is 0. The van der Waals surface area contributed by atoms with Gasteiger partial charge in [0, 0.05) is 31.7 Å². The molecule has 1 aliphatic heterocycles. The number of benzene rings is 2. The van der Waals surface area contributed by atoms with Crippen LogP contribution in [0.15, 0.2) is 48.5 Å². The first kappa shape index (κ1) is 14.0. The summed E-state index contributed by atoms with van der Waals surface area (Å²) >= 11 is 0. The first-order chi connectivity index (χ1) is 10.2. The lowest BCUT2D eigenvalue weighted by Crippen LogP contribution is -2.26. The molecule has 0 spiro atoms. The number of likely N-dealkylation sites (tertiary alicyclic amines) is 1. The smallest absolute Gasteiger partial charge is 0.130 e. The van der Waals surface area contributed by atoms with Gasteiger partial charge in [0.05, 0.1) is 0 Å². The summed E-state index contributed by atoms with van der Waals surface area (Å²) in [4.78, 5) is 2.35. The third kappa shape index (κ3) is 3.80. The van der Waals surface area contributed by atoms with Crippen LogP contribution in [0.25, 0.3) is 0 Å². The van der Waals surface area contributed by atoms with Crippen molar-refractivity contribution in [2.45, 2.75) is 19.0 Å². The van der Waals surface area contributed by atoms with Gasteiger partial charge in [-0.2, -0.15) is 0 Å². The molecule has 0 amide bonds. The van der Waals surface area contributed by atoms with Gasteiger partial charge in [0.2, 0.25) is 0 Å². The van der Waals surface area contributed by atoms with Gasteiger partial charge in [0.15, 0.2) is 0 Å². The molecule has 1 fully saturated rings. The van der Waals surface area contributed by atoms with Gasteiger partial charge in [-0.3, -0.25) is 4.90 Å². The molecule has 21 heavy (non-hydrogen) atoms. The maximum atomic E-state index is 13.1. The summed E-state index contributed by atoms with van der Waals surface area (Å²) in [6, 6.07) is 14.4. The van der Waals surface area contributed by atoms with Crippen molar-refractivity contribution in [3.05, 3.63) is 59.9 Å². The van der Waals surface area contributed by atoms with Gasteiger partial charge in [-0.15, -0.1) is 0 Å². The highest BCUT2D eigenvalue weighted by Gasteiger charge is 2.18. The monoisotopic (exact) mass is 286 g/mol. The van der Waals surface area contributed by atoms with Gasteiger partial charge < -0.3 is 10.5 Å². The average Bonchev–Trinajstić information content (AvgIpc) is 2.86. The molecule has 4 heteroatoms. The molecule has 110 valence electrons. The van der Waals surface area contributed by atoms with E-state index in [9.17, 15) is 4.39 Å². The highest BCUT2D eigenvalue weighted by molar-refractivity contribution is 5.33. The third-order valence-electron chi connectivity index (χ3n) is 3.67. The van der Waals surface area contributed by atoms with Crippen LogP contribution in [0.1, 0.15) is 12.0 Å². The zero-order chi connectivity index (χ0) is 14.7. The number of nitrogens with two attached hydrogens (primary N) is 1. The van der Waals surface area contributed by atoms with Gasteiger partial charge in [0.25, 0.3) is 0 Å². The van der Waals surface area contributed by atoms with Crippen LogP contribution in [0.3, 0.4) is 0 Å². The topological polar surface area (TPSA) is 38.5 Å². The number of rotatable bonds is 4. The quantitative estimate of drug-likeness (QED) is 0.938. The minimum atomic E-state index is -0.297. The Morgan fingerprint density at radius 3 is 2.62 bits per heavy atom. The summed E-state index contributed by atoms with van der Waals surface area (Å²) in [5.74, 6) is 0.922. The molecule has 0 unspecified atom stereocenters. The van der Waals surface area contributed by atoms with Crippen LogP contribution in [0, 0.1) is 5.82 Å². The van der Waals surface area contributed by atoms with Gasteiger partial charge >= 0.3 is 0 Å². The van der Waals surface area contributed by atoms with E-state index in [1.54, 1.807) is 12.1 Å². The summed E-state index contributed by atoms with van der Waals surface area (Å²) in [5.41, 5.74) is 7.14. The van der Waals surface area contributed by atoms with Crippen molar-refractivity contribution in [1.29, 1.82) is 0 Å². The van der Waals surface area contributed by atoms with E-state index in [2.05, 4.69) is 4.90 Å². The second-order valence-electron chi connectivity index (χ2n) is 5.49. The van der Waals surface area contributed by atoms with Crippen LogP contribution in [0.4, 0.5) is 4.39 Å². The van der Waals surface area contributed by atoms with Crippen molar-refractivity contribution in [2.24, 2.45) is 5.73 Å². The Morgan fingerprint density at radius 1 is 1.14 bits per heavy atom. The molecule has 1 saturated heterocycles. The molecular weight excluding hydrogens is 267 g/mol. The van der Waals surface area contributed by atoms with Crippen molar-refractivity contribution in [3.63, 3.8) is 0 Å². The van der Waals surface area contributed by atoms with Gasteiger partial charge in [-0.1, -0.05) is 18.2 Å². The number of ether oxygens (including phenoxy) is 1. The molecule has 1 heterocycles. The van der Waals surface area contributed by atoms with Crippen LogP contribution in [-0.2, 0) is 6.54 Å². The standard InChI is InChI=1S/C17H19FN2O/c18-14-2-1-3-17(10-14)21-16-6-4-13(5-7-16)11-20-9-8-15(19)12-20/h1-7,10,15H,8-9,11-12,19H2/t15-/m1/s1. The molecular formula is C17H19FN2O. The molecule has 1 atom stereocenters. The summed E-state index contributed by atoms with van der Waals surface area (Å²) < 4.78 is 18.7. The van der Waals surface area contributed by atoms with Gasteiger partial charge in [-0.05, 0) is 36.2 Å². The van der Waals surface area contributed by atoms with Crippen LogP contribution in [-0.4, -0.2) is 24.0 Å². The van der Waals surface area contributed by atoms with E-state index in [0.717, 1.165) is 26.1 Å². The maximum Gasteiger partial charge on any atom is 0.130 e. The molecule has 0 saturated carbocycles. The Kier molecular flexibility index (Phi) is 4.18. The highest BCUT2D eigenvalue weighted by Crippen LogP contribution is 2.23. The lowest BCUT2D eigenvalue weighted by atomic mass is 10.2. The Labute approximate surface area is 124 Å². The fourth-order valence-corrected chi connectivity index (χ4v) is 2.59. The minimum Gasteiger partial charge on any atom is -0.457 e. The van der Waals surface area contributed by atoms with Crippen LogP contribution in [0.2, 0.25) is 0 Å². The van der Waals surface area contributed by atoms with Crippen molar-refractivity contribution >= 4 is 0 Å².